The number of rotatable bonds is 8. The van der Waals surface area contributed by atoms with Crippen molar-refractivity contribution in [2.45, 2.75) is 11.9 Å². The predicted molar refractivity (Wildman–Crippen MR) is 117 cm³/mol. The van der Waals surface area contributed by atoms with Crippen molar-refractivity contribution >= 4 is 17.7 Å². The average molecular weight is 417 g/mol. The first-order chi connectivity index (χ1) is 14.8. The Labute approximate surface area is 179 Å². The van der Waals surface area contributed by atoms with Crippen LogP contribution >= 0.6 is 11.8 Å². The van der Waals surface area contributed by atoms with Crippen LogP contribution in [0.15, 0.2) is 95.4 Å². The van der Waals surface area contributed by atoms with Gasteiger partial charge in [0.15, 0.2) is 6.61 Å². The van der Waals surface area contributed by atoms with Crippen LogP contribution in [0.25, 0.3) is 11.5 Å². The second-order valence-corrected chi connectivity index (χ2v) is 7.63. The molecule has 0 aliphatic heterocycles. The van der Waals surface area contributed by atoms with Crippen molar-refractivity contribution < 1.29 is 13.9 Å². The van der Waals surface area contributed by atoms with Gasteiger partial charge in [0.1, 0.15) is 0 Å². The number of nitrogens with zero attached hydrogens (tertiary/aromatic N) is 2. The number of benzene rings is 3. The molecule has 0 bridgehead atoms. The SMILES string of the molecule is O=C(CSC(c1ccccc1)c1ccccc1)OCc1nnc(-c2ccccc2)o1. The fourth-order valence-corrected chi connectivity index (χ4v) is 4.07. The Hall–Kier alpha value is -3.38. The number of carbonyl (C=O) groups excluding carboxylic acids is 1. The van der Waals surface area contributed by atoms with E-state index in [0.717, 1.165) is 16.7 Å². The third kappa shape index (κ3) is 5.15. The molecule has 150 valence electrons. The van der Waals surface area contributed by atoms with Gasteiger partial charge in [-0.15, -0.1) is 22.0 Å². The normalized spacial score (nSPS) is 10.8. The minimum Gasteiger partial charge on any atom is -0.455 e. The largest absolute Gasteiger partial charge is 0.455 e. The summed E-state index contributed by atoms with van der Waals surface area (Å²) in [5.41, 5.74) is 3.11. The lowest BCUT2D eigenvalue weighted by atomic mass is 10.0. The monoisotopic (exact) mass is 416 g/mol. The molecule has 3 aromatic carbocycles. The van der Waals surface area contributed by atoms with Gasteiger partial charge in [-0.1, -0.05) is 78.9 Å². The van der Waals surface area contributed by atoms with Crippen molar-refractivity contribution in [2.75, 3.05) is 5.75 Å². The maximum absolute atomic E-state index is 12.3. The van der Waals surface area contributed by atoms with E-state index in [-0.39, 0.29) is 29.5 Å². The molecule has 6 heteroatoms. The summed E-state index contributed by atoms with van der Waals surface area (Å²) in [7, 11) is 0. The second-order valence-electron chi connectivity index (χ2n) is 6.54. The Bertz CT molecular complexity index is 1030. The van der Waals surface area contributed by atoms with Gasteiger partial charge in [-0.25, -0.2) is 0 Å². The third-order valence-corrected chi connectivity index (χ3v) is 5.70. The van der Waals surface area contributed by atoms with Crippen molar-refractivity contribution in [3.63, 3.8) is 0 Å². The van der Waals surface area contributed by atoms with Gasteiger partial charge in [-0.05, 0) is 23.3 Å². The first-order valence-electron chi connectivity index (χ1n) is 9.54. The summed E-state index contributed by atoms with van der Waals surface area (Å²) < 4.78 is 10.9. The molecule has 0 aliphatic rings. The summed E-state index contributed by atoms with van der Waals surface area (Å²) in [6.45, 7) is -0.0411. The fraction of sp³-hybridized carbons (Fsp3) is 0.125. The van der Waals surface area contributed by atoms with E-state index in [1.165, 1.54) is 11.8 Å². The third-order valence-electron chi connectivity index (χ3n) is 4.42. The topological polar surface area (TPSA) is 65.2 Å². The van der Waals surface area contributed by atoms with Crippen molar-refractivity contribution in [3.8, 4) is 11.5 Å². The van der Waals surface area contributed by atoms with E-state index in [1.807, 2.05) is 66.7 Å². The maximum atomic E-state index is 12.3. The zero-order valence-electron chi connectivity index (χ0n) is 16.2. The molecule has 0 amide bonds. The highest BCUT2D eigenvalue weighted by Gasteiger charge is 2.17. The highest BCUT2D eigenvalue weighted by atomic mass is 32.2. The first kappa shape index (κ1) is 19.9. The van der Waals surface area contributed by atoms with E-state index in [0.29, 0.717) is 5.89 Å². The lowest BCUT2D eigenvalue weighted by molar-refractivity contribution is -0.142. The molecule has 0 atom stereocenters. The number of thioether (sulfide) groups is 1. The second kappa shape index (κ2) is 9.89. The lowest BCUT2D eigenvalue weighted by Crippen LogP contribution is -2.09. The average Bonchev–Trinajstić information content (AvgIpc) is 3.29. The van der Waals surface area contributed by atoms with Crippen molar-refractivity contribution in [2.24, 2.45) is 0 Å². The van der Waals surface area contributed by atoms with Crippen molar-refractivity contribution in [1.82, 2.24) is 10.2 Å². The van der Waals surface area contributed by atoms with Gasteiger partial charge >= 0.3 is 5.97 Å². The molecule has 5 nitrogen and oxygen atoms in total. The molecule has 0 radical (unpaired) electrons. The van der Waals surface area contributed by atoms with E-state index >= 15 is 0 Å². The standard InChI is InChI=1S/C24H20N2O3S/c27-22(28-16-21-25-26-24(29-21)20-14-8-3-9-15-20)17-30-23(18-10-4-1-5-11-18)19-12-6-2-7-13-19/h1-15,23H,16-17H2. The molecule has 1 heterocycles. The fourth-order valence-electron chi connectivity index (χ4n) is 2.99. The van der Waals surface area contributed by atoms with Crippen LogP contribution in [0.4, 0.5) is 0 Å². The highest BCUT2D eigenvalue weighted by molar-refractivity contribution is 8.00. The lowest BCUT2D eigenvalue weighted by Gasteiger charge is -2.17. The van der Waals surface area contributed by atoms with Crippen LogP contribution in [0.5, 0.6) is 0 Å². The summed E-state index contributed by atoms with van der Waals surface area (Å²) in [4.78, 5) is 12.3. The van der Waals surface area contributed by atoms with Gasteiger partial charge in [0, 0.05) is 5.56 Å². The molecule has 0 N–H and O–H groups in total. The Morgan fingerprint density at radius 1 is 0.833 bits per heavy atom. The van der Waals surface area contributed by atoms with Crippen LogP contribution in [0.2, 0.25) is 0 Å². The van der Waals surface area contributed by atoms with E-state index < -0.39 is 0 Å². The van der Waals surface area contributed by atoms with E-state index in [9.17, 15) is 4.79 Å². The Kier molecular flexibility index (Phi) is 6.57. The molecule has 0 saturated heterocycles. The molecule has 0 unspecified atom stereocenters. The van der Waals surface area contributed by atoms with E-state index in [4.69, 9.17) is 9.15 Å². The van der Waals surface area contributed by atoms with Crippen molar-refractivity contribution in [3.05, 3.63) is 108 Å². The van der Waals surface area contributed by atoms with E-state index in [1.54, 1.807) is 0 Å². The zero-order chi connectivity index (χ0) is 20.6. The molecule has 0 spiro atoms. The van der Waals surface area contributed by atoms with Crippen LogP contribution in [0.1, 0.15) is 22.3 Å². The van der Waals surface area contributed by atoms with Crippen LogP contribution in [-0.2, 0) is 16.1 Å². The van der Waals surface area contributed by atoms with Gasteiger partial charge in [0.05, 0.1) is 11.0 Å². The van der Waals surface area contributed by atoms with Crippen molar-refractivity contribution in [1.29, 1.82) is 0 Å². The molecular formula is C24H20N2O3S. The minimum absolute atomic E-state index is 0.0411. The number of aromatic nitrogens is 2. The molecule has 0 aliphatic carbocycles. The number of hydrogen-bond donors (Lipinski definition) is 0. The summed E-state index contributed by atoms with van der Waals surface area (Å²) in [6.07, 6.45) is 0. The predicted octanol–water partition coefficient (Wildman–Crippen LogP) is 5.30. The highest BCUT2D eigenvalue weighted by Crippen LogP contribution is 2.35. The van der Waals surface area contributed by atoms with Crippen LogP contribution in [-0.4, -0.2) is 21.9 Å². The summed E-state index contributed by atoms with van der Waals surface area (Å²) in [6, 6.07) is 29.7. The molecule has 30 heavy (non-hydrogen) atoms. The van der Waals surface area contributed by atoms with Gasteiger partial charge in [0.2, 0.25) is 5.89 Å². The number of ether oxygens (including phenoxy) is 1. The first-order valence-corrected chi connectivity index (χ1v) is 10.6. The Morgan fingerprint density at radius 2 is 1.40 bits per heavy atom. The molecule has 1 aromatic heterocycles. The molecule has 4 aromatic rings. The van der Waals surface area contributed by atoms with Crippen LogP contribution in [0.3, 0.4) is 0 Å². The van der Waals surface area contributed by atoms with Crippen LogP contribution < -0.4 is 0 Å². The summed E-state index contributed by atoms with van der Waals surface area (Å²) >= 11 is 1.53. The number of esters is 1. The smallest absolute Gasteiger partial charge is 0.316 e. The molecule has 4 rings (SSSR count). The minimum atomic E-state index is -0.323. The van der Waals surface area contributed by atoms with E-state index in [2.05, 4.69) is 34.5 Å². The summed E-state index contributed by atoms with van der Waals surface area (Å²) in [5.74, 6) is 0.573. The van der Waals surface area contributed by atoms with Crippen LogP contribution in [0, 0.1) is 0 Å². The van der Waals surface area contributed by atoms with Gasteiger partial charge < -0.3 is 9.15 Å². The summed E-state index contributed by atoms with van der Waals surface area (Å²) in [5, 5.41) is 8.01. The quantitative estimate of drug-likeness (QED) is 0.363. The Balaban J connectivity index is 1.35. The van der Waals surface area contributed by atoms with Gasteiger partial charge in [-0.3, -0.25) is 4.79 Å². The Morgan fingerprint density at radius 3 is 2.00 bits per heavy atom. The molecule has 0 fully saturated rings. The number of carbonyl (C=O) groups is 1. The van der Waals surface area contributed by atoms with Gasteiger partial charge in [0.25, 0.3) is 5.89 Å². The maximum Gasteiger partial charge on any atom is 0.316 e. The molecule has 0 saturated carbocycles. The van der Waals surface area contributed by atoms with Gasteiger partial charge in [-0.2, -0.15) is 0 Å². The molecular weight excluding hydrogens is 396 g/mol. The zero-order valence-corrected chi connectivity index (χ0v) is 17.0. The number of hydrogen-bond acceptors (Lipinski definition) is 6.